The van der Waals surface area contributed by atoms with Gasteiger partial charge in [-0.15, -0.1) is 0 Å². The van der Waals surface area contributed by atoms with Gasteiger partial charge in [0.15, 0.2) is 0 Å². The van der Waals surface area contributed by atoms with Crippen molar-refractivity contribution in [2.45, 2.75) is 45.6 Å². The Hall–Kier alpha value is -1.51. The lowest BCUT2D eigenvalue weighted by atomic mass is 9.86. The molecule has 2 unspecified atom stereocenters. The average Bonchev–Trinajstić information content (AvgIpc) is 3.07. The summed E-state index contributed by atoms with van der Waals surface area (Å²) in [6.45, 7) is 8.66. The second-order valence-electron chi connectivity index (χ2n) is 6.61. The van der Waals surface area contributed by atoms with Crippen LogP contribution in [0.25, 0.3) is 0 Å². The van der Waals surface area contributed by atoms with Crippen molar-refractivity contribution in [3.05, 3.63) is 29.3 Å². The minimum absolute atomic E-state index is 0.110. The molecule has 0 spiro atoms. The number of nitrogens with zero attached hydrogens (tertiary/aromatic N) is 1. The Kier molecular flexibility index (Phi) is 3.33. The number of aryl methyl sites for hydroxylation is 1. The molecule has 0 heterocycles. The molecule has 0 aromatic heterocycles. The first-order valence-corrected chi connectivity index (χ1v) is 6.78. The number of hydrogen-bond acceptors (Lipinski definition) is 2. The zero-order valence-corrected chi connectivity index (χ0v) is 12.4. The molecule has 1 saturated carbocycles. The summed E-state index contributed by atoms with van der Waals surface area (Å²) in [7, 11) is 2.00. The van der Waals surface area contributed by atoms with Gasteiger partial charge in [0.25, 0.3) is 0 Å². The first-order valence-electron chi connectivity index (χ1n) is 6.78. The highest BCUT2D eigenvalue weighted by Gasteiger charge is 2.46. The number of benzene rings is 1. The predicted octanol–water partition coefficient (Wildman–Crippen LogP) is 3.20. The molecule has 104 valence electrons. The van der Waals surface area contributed by atoms with E-state index < -0.39 is 5.97 Å². The summed E-state index contributed by atoms with van der Waals surface area (Å²) in [4.78, 5) is 13.1. The van der Waals surface area contributed by atoms with Gasteiger partial charge in [-0.2, -0.15) is 0 Å². The molecule has 1 aromatic carbocycles. The Bertz CT molecular complexity index is 502. The third kappa shape index (κ3) is 2.75. The van der Waals surface area contributed by atoms with Crippen LogP contribution in [0.1, 0.15) is 38.3 Å². The number of carbonyl (C=O) groups is 1. The van der Waals surface area contributed by atoms with Gasteiger partial charge in [0.2, 0.25) is 0 Å². The van der Waals surface area contributed by atoms with E-state index in [0.29, 0.717) is 0 Å². The molecule has 3 heteroatoms. The quantitative estimate of drug-likeness (QED) is 0.908. The zero-order valence-electron chi connectivity index (χ0n) is 12.4. The standard InChI is InChI=1S/C16H23NO2/c1-10-6-7-11(16(2,3)4)8-13(10)17(5)14-9-12(14)15(18)19/h6-8,12,14H,9H2,1-5H3,(H,18,19). The number of anilines is 1. The van der Waals surface area contributed by atoms with Gasteiger partial charge in [0, 0.05) is 18.8 Å². The largest absolute Gasteiger partial charge is 0.481 e. The van der Waals surface area contributed by atoms with E-state index in [0.717, 1.165) is 12.1 Å². The van der Waals surface area contributed by atoms with Crippen molar-refractivity contribution in [2.75, 3.05) is 11.9 Å². The first kappa shape index (κ1) is 13.9. The summed E-state index contributed by atoms with van der Waals surface area (Å²) >= 11 is 0. The highest BCUT2D eigenvalue weighted by molar-refractivity contribution is 5.76. The van der Waals surface area contributed by atoms with Crippen molar-refractivity contribution < 1.29 is 9.90 Å². The molecule has 2 atom stereocenters. The van der Waals surface area contributed by atoms with Crippen LogP contribution in [0.5, 0.6) is 0 Å². The zero-order chi connectivity index (χ0) is 14.4. The molecule has 0 amide bonds. The third-order valence-corrected chi connectivity index (χ3v) is 4.03. The number of hydrogen-bond donors (Lipinski definition) is 1. The molecule has 0 saturated heterocycles. The summed E-state index contributed by atoms with van der Waals surface area (Å²) in [5, 5.41) is 9.05. The maximum Gasteiger partial charge on any atom is 0.308 e. The Morgan fingerprint density at radius 1 is 1.37 bits per heavy atom. The van der Waals surface area contributed by atoms with Crippen molar-refractivity contribution in [2.24, 2.45) is 5.92 Å². The van der Waals surface area contributed by atoms with Gasteiger partial charge in [0.1, 0.15) is 0 Å². The molecule has 0 aliphatic heterocycles. The molecule has 1 aliphatic rings. The fraction of sp³-hybridized carbons (Fsp3) is 0.562. The maximum atomic E-state index is 11.0. The van der Waals surface area contributed by atoms with Crippen LogP contribution in [0.2, 0.25) is 0 Å². The van der Waals surface area contributed by atoms with Crippen LogP contribution in [-0.4, -0.2) is 24.2 Å². The van der Waals surface area contributed by atoms with E-state index in [9.17, 15) is 4.79 Å². The van der Waals surface area contributed by atoms with Crippen molar-refractivity contribution >= 4 is 11.7 Å². The highest BCUT2D eigenvalue weighted by Crippen LogP contribution is 2.39. The van der Waals surface area contributed by atoms with E-state index >= 15 is 0 Å². The molecule has 0 bridgehead atoms. The van der Waals surface area contributed by atoms with Crippen LogP contribution in [0.4, 0.5) is 5.69 Å². The van der Waals surface area contributed by atoms with Crippen LogP contribution in [0.3, 0.4) is 0 Å². The smallest absolute Gasteiger partial charge is 0.308 e. The van der Waals surface area contributed by atoms with Crippen molar-refractivity contribution in [3.63, 3.8) is 0 Å². The van der Waals surface area contributed by atoms with Gasteiger partial charge < -0.3 is 10.0 Å². The van der Waals surface area contributed by atoms with E-state index in [-0.39, 0.29) is 17.4 Å². The van der Waals surface area contributed by atoms with Crippen molar-refractivity contribution in [1.29, 1.82) is 0 Å². The minimum atomic E-state index is -0.679. The number of carboxylic acid groups (broad SMARTS) is 1. The molecule has 1 aliphatic carbocycles. The lowest BCUT2D eigenvalue weighted by Crippen LogP contribution is -2.25. The third-order valence-electron chi connectivity index (χ3n) is 4.03. The average molecular weight is 261 g/mol. The minimum Gasteiger partial charge on any atom is -0.481 e. The molecular weight excluding hydrogens is 238 g/mol. The van der Waals surface area contributed by atoms with Crippen LogP contribution in [0.15, 0.2) is 18.2 Å². The molecule has 0 radical (unpaired) electrons. The molecular formula is C16H23NO2. The molecule has 1 aromatic rings. The van der Waals surface area contributed by atoms with Gasteiger partial charge in [0.05, 0.1) is 5.92 Å². The summed E-state index contributed by atoms with van der Waals surface area (Å²) in [6, 6.07) is 6.64. The molecule has 1 N–H and O–H groups in total. The Morgan fingerprint density at radius 2 is 2.00 bits per heavy atom. The van der Waals surface area contributed by atoms with Crippen LogP contribution >= 0.6 is 0 Å². The van der Waals surface area contributed by atoms with Crippen molar-refractivity contribution in [3.8, 4) is 0 Å². The van der Waals surface area contributed by atoms with E-state index in [2.05, 4.69) is 50.8 Å². The fourth-order valence-corrected chi connectivity index (χ4v) is 2.51. The summed E-state index contributed by atoms with van der Waals surface area (Å²) in [5.41, 5.74) is 3.75. The fourth-order valence-electron chi connectivity index (χ4n) is 2.51. The molecule has 19 heavy (non-hydrogen) atoms. The highest BCUT2D eigenvalue weighted by atomic mass is 16.4. The maximum absolute atomic E-state index is 11.0. The van der Waals surface area contributed by atoms with E-state index in [1.807, 2.05) is 7.05 Å². The second-order valence-corrected chi connectivity index (χ2v) is 6.61. The van der Waals surface area contributed by atoms with E-state index in [1.165, 1.54) is 11.1 Å². The van der Waals surface area contributed by atoms with Crippen LogP contribution < -0.4 is 4.90 Å². The SMILES string of the molecule is Cc1ccc(C(C)(C)C)cc1N(C)C1CC1C(=O)O. The van der Waals surface area contributed by atoms with Crippen molar-refractivity contribution in [1.82, 2.24) is 0 Å². The van der Waals surface area contributed by atoms with Gasteiger partial charge in [-0.05, 0) is 36.0 Å². The van der Waals surface area contributed by atoms with Crippen LogP contribution in [-0.2, 0) is 10.2 Å². The summed E-state index contributed by atoms with van der Waals surface area (Å²) in [5.74, 6) is -0.885. The Labute approximate surface area is 115 Å². The van der Waals surface area contributed by atoms with Gasteiger partial charge in [-0.25, -0.2) is 0 Å². The predicted molar refractivity (Wildman–Crippen MR) is 77.8 cm³/mol. The first-order chi connectivity index (χ1) is 8.71. The van der Waals surface area contributed by atoms with E-state index in [1.54, 1.807) is 0 Å². The normalized spacial score (nSPS) is 22.2. The second kappa shape index (κ2) is 4.55. The van der Waals surface area contributed by atoms with Gasteiger partial charge >= 0.3 is 5.97 Å². The lowest BCUT2D eigenvalue weighted by molar-refractivity contribution is -0.138. The summed E-state index contributed by atoms with van der Waals surface area (Å²) < 4.78 is 0. The molecule has 3 nitrogen and oxygen atoms in total. The summed E-state index contributed by atoms with van der Waals surface area (Å²) in [6.07, 6.45) is 0.755. The molecule has 2 rings (SSSR count). The molecule has 1 fully saturated rings. The topological polar surface area (TPSA) is 40.5 Å². The Balaban J connectivity index is 2.27. The van der Waals surface area contributed by atoms with Gasteiger partial charge in [-0.1, -0.05) is 32.9 Å². The lowest BCUT2D eigenvalue weighted by Gasteiger charge is -2.26. The Morgan fingerprint density at radius 3 is 2.47 bits per heavy atom. The number of aliphatic carboxylic acids is 1. The number of carboxylic acids is 1. The van der Waals surface area contributed by atoms with E-state index in [4.69, 9.17) is 5.11 Å². The van der Waals surface area contributed by atoms with Crippen LogP contribution in [0, 0.1) is 12.8 Å². The van der Waals surface area contributed by atoms with Gasteiger partial charge in [-0.3, -0.25) is 4.79 Å². The monoisotopic (exact) mass is 261 g/mol. The number of rotatable bonds is 3.